The fourth-order valence-electron chi connectivity index (χ4n) is 5.29. The van der Waals surface area contributed by atoms with Gasteiger partial charge in [0.2, 0.25) is 0 Å². The Bertz CT molecular complexity index is 2070. The van der Waals surface area contributed by atoms with Crippen molar-refractivity contribution < 1.29 is 28.7 Å². The van der Waals surface area contributed by atoms with Crippen molar-refractivity contribution in [2.24, 2.45) is 4.99 Å². The number of aromatic nitrogens is 1. The molecular weight excluding hydrogens is 770 g/mol. The van der Waals surface area contributed by atoms with Gasteiger partial charge in [-0.2, -0.15) is 0 Å². The second-order valence-electron chi connectivity index (χ2n) is 10.5. The molecule has 0 saturated heterocycles. The van der Waals surface area contributed by atoms with Crippen LogP contribution in [-0.2, 0) is 16.1 Å². The number of thiazole rings is 1. The summed E-state index contributed by atoms with van der Waals surface area (Å²) in [6.07, 6.45) is 2.98. The Kier molecular flexibility index (Phi) is 11.2. The molecule has 5 rings (SSSR count). The second-order valence-corrected chi connectivity index (χ2v) is 13.3. The number of carbonyl (C=O) groups excluding carboxylic acids is 1. The van der Waals surface area contributed by atoms with E-state index in [9.17, 15) is 19.7 Å². The first-order valence-corrected chi connectivity index (χ1v) is 17.3. The molecule has 250 valence electrons. The minimum absolute atomic E-state index is 0.00315. The lowest BCUT2D eigenvalue weighted by atomic mass is 9.93. The Morgan fingerprint density at radius 2 is 1.77 bits per heavy atom. The van der Waals surface area contributed by atoms with Gasteiger partial charge in [-0.3, -0.25) is 19.5 Å². The van der Waals surface area contributed by atoms with E-state index in [4.69, 9.17) is 23.9 Å². The molecule has 1 atom stereocenters. The summed E-state index contributed by atoms with van der Waals surface area (Å²) >= 11 is 8.38. The monoisotopic (exact) mass is 799 g/mol. The van der Waals surface area contributed by atoms with E-state index in [2.05, 4.69) is 31.9 Å². The minimum Gasteiger partial charge on any atom is -0.497 e. The van der Waals surface area contributed by atoms with Crippen LogP contribution >= 0.6 is 43.2 Å². The number of hydrogen-bond acceptors (Lipinski definition) is 10. The Hall–Kier alpha value is -4.27. The molecule has 3 aromatic carbocycles. The van der Waals surface area contributed by atoms with E-state index in [1.807, 2.05) is 19.1 Å². The molecule has 0 unspecified atom stereocenters. The number of benzene rings is 3. The fraction of sp³-hybridized carbons (Fsp3) is 0.265. The van der Waals surface area contributed by atoms with Crippen molar-refractivity contribution >= 4 is 60.9 Å². The number of methoxy groups -OCH3 is 2. The molecule has 14 heteroatoms. The van der Waals surface area contributed by atoms with E-state index in [0.29, 0.717) is 58.8 Å². The quantitative estimate of drug-likeness (QED) is 0.0890. The molecule has 11 nitrogen and oxygen atoms in total. The number of nitrogens with zero attached hydrogens (tertiary/aromatic N) is 3. The van der Waals surface area contributed by atoms with Crippen molar-refractivity contribution in [2.75, 3.05) is 20.8 Å². The molecule has 1 aromatic heterocycles. The van der Waals surface area contributed by atoms with Crippen LogP contribution in [0.5, 0.6) is 17.2 Å². The first-order valence-electron chi connectivity index (χ1n) is 14.9. The van der Waals surface area contributed by atoms with Gasteiger partial charge in [0.15, 0.2) is 4.80 Å². The summed E-state index contributed by atoms with van der Waals surface area (Å²) < 4.78 is 25.9. The Labute approximate surface area is 296 Å². The number of rotatable bonds is 12. The summed E-state index contributed by atoms with van der Waals surface area (Å²) in [6, 6.07) is 14.2. The highest BCUT2D eigenvalue weighted by atomic mass is 79.9. The van der Waals surface area contributed by atoms with E-state index in [-0.39, 0.29) is 30.0 Å². The number of allylic oxidation sites excluding steroid dienone is 1. The van der Waals surface area contributed by atoms with Crippen LogP contribution in [0, 0.1) is 10.1 Å². The lowest BCUT2D eigenvalue weighted by Crippen LogP contribution is -2.40. The van der Waals surface area contributed by atoms with Crippen molar-refractivity contribution in [2.45, 2.75) is 39.3 Å². The van der Waals surface area contributed by atoms with Gasteiger partial charge >= 0.3 is 5.97 Å². The number of carbonyl (C=O) groups is 1. The number of fused-ring (bicyclic) bond motifs is 1. The summed E-state index contributed by atoms with van der Waals surface area (Å²) in [4.78, 5) is 43.6. The molecule has 0 spiro atoms. The molecule has 0 N–H and O–H groups in total. The predicted octanol–water partition coefficient (Wildman–Crippen LogP) is 6.61. The number of esters is 1. The van der Waals surface area contributed by atoms with Gasteiger partial charge in [0.05, 0.1) is 50.5 Å². The van der Waals surface area contributed by atoms with E-state index in [1.165, 1.54) is 35.1 Å². The maximum atomic E-state index is 14.3. The summed E-state index contributed by atoms with van der Waals surface area (Å²) in [5, 5.41) is 11.0. The lowest BCUT2D eigenvalue weighted by molar-refractivity contribution is -0.384. The third kappa shape index (κ3) is 7.25. The fourth-order valence-corrected chi connectivity index (χ4v) is 7.76. The first kappa shape index (κ1) is 35.0. The average Bonchev–Trinajstić information content (AvgIpc) is 3.37. The van der Waals surface area contributed by atoms with Gasteiger partial charge in [0, 0.05) is 17.7 Å². The van der Waals surface area contributed by atoms with Crippen LogP contribution < -0.4 is 29.1 Å². The van der Waals surface area contributed by atoms with Gasteiger partial charge in [0.1, 0.15) is 29.9 Å². The van der Waals surface area contributed by atoms with Crippen molar-refractivity contribution in [3.8, 4) is 17.2 Å². The van der Waals surface area contributed by atoms with E-state index < -0.39 is 16.9 Å². The summed E-state index contributed by atoms with van der Waals surface area (Å²) in [5.74, 6) is 0.995. The molecule has 2 heterocycles. The maximum absolute atomic E-state index is 14.3. The van der Waals surface area contributed by atoms with Crippen LogP contribution in [0.1, 0.15) is 49.4 Å². The topological polar surface area (TPSA) is 131 Å². The molecule has 1 aliphatic rings. The smallest absolute Gasteiger partial charge is 0.338 e. The number of non-ortho nitro benzene ring substituents is 1. The molecule has 0 amide bonds. The lowest BCUT2D eigenvalue weighted by Gasteiger charge is -2.27. The highest BCUT2D eigenvalue weighted by Gasteiger charge is 2.36. The van der Waals surface area contributed by atoms with Gasteiger partial charge in [-0.25, -0.2) is 9.79 Å². The zero-order chi connectivity index (χ0) is 34.5. The summed E-state index contributed by atoms with van der Waals surface area (Å²) in [5.41, 5.74) is 2.53. The number of ether oxygens (including phenoxy) is 4. The summed E-state index contributed by atoms with van der Waals surface area (Å²) in [7, 11) is 3.08. The number of nitro benzene ring substituents is 1. The van der Waals surface area contributed by atoms with Crippen molar-refractivity contribution in [1.29, 1.82) is 0 Å². The molecule has 1 aliphatic heterocycles. The van der Waals surface area contributed by atoms with Crippen molar-refractivity contribution in [1.82, 2.24) is 4.57 Å². The van der Waals surface area contributed by atoms with Crippen LogP contribution in [-0.4, -0.2) is 36.3 Å². The largest absolute Gasteiger partial charge is 0.497 e. The maximum Gasteiger partial charge on any atom is 0.338 e. The first-order chi connectivity index (χ1) is 23.1. The molecule has 0 saturated carbocycles. The molecule has 0 fully saturated rings. The van der Waals surface area contributed by atoms with Crippen molar-refractivity contribution in [3.05, 3.63) is 121 Å². The normalized spacial score (nSPS) is 14.3. The predicted molar refractivity (Wildman–Crippen MR) is 188 cm³/mol. The molecular formula is C34H31Br2N3O8S. The second kappa shape index (κ2) is 15.3. The SMILES string of the molecule is CCCC1=C(C(=O)OCC)[C@H](c2cc(OC)ccc2OC)n2c(s/c(=C\c3cc(Br)c(OCc4ccc([N+](=O)[O-])cc4)c(Br)c3)c2=O)=N1. The number of nitro groups is 1. The van der Waals surface area contributed by atoms with Gasteiger partial charge in [0.25, 0.3) is 11.2 Å². The standard InChI is InChI=1S/C34H31Br2N3O8S/c1-5-7-26-29(33(41)46-6-2)30(23-17-22(44-3)12-13-27(23)45-4)38-32(40)28(48-34(38)37-26)16-20-14-24(35)31(25(36)15-20)47-18-19-8-10-21(11-9-19)39(42)43/h8-17,30H,5-7,18H2,1-4H3/b28-16-/t30-/m0/s1. The summed E-state index contributed by atoms with van der Waals surface area (Å²) in [6.45, 7) is 4.07. The molecule has 4 aromatic rings. The molecule has 0 aliphatic carbocycles. The number of hydrogen-bond donors (Lipinski definition) is 0. The molecule has 48 heavy (non-hydrogen) atoms. The van der Waals surface area contributed by atoms with E-state index in [1.54, 1.807) is 50.4 Å². The van der Waals surface area contributed by atoms with Crippen LogP contribution in [0.4, 0.5) is 5.69 Å². The zero-order valence-electron chi connectivity index (χ0n) is 26.5. The third-order valence-electron chi connectivity index (χ3n) is 7.47. The van der Waals surface area contributed by atoms with E-state index >= 15 is 0 Å². The highest BCUT2D eigenvalue weighted by Crippen LogP contribution is 2.39. The van der Waals surface area contributed by atoms with Gasteiger partial charge in [-0.15, -0.1) is 0 Å². The van der Waals surface area contributed by atoms with Crippen molar-refractivity contribution in [3.63, 3.8) is 0 Å². The Morgan fingerprint density at radius 3 is 2.38 bits per heavy atom. The highest BCUT2D eigenvalue weighted by molar-refractivity contribution is 9.11. The van der Waals surface area contributed by atoms with Crippen LogP contribution in [0.3, 0.4) is 0 Å². The Morgan fingerprint density at radius 1 is 1.06 bits per heavy atom. The van der Waals surface area contributed by atoms with Gasteiger partial charge in [-0.05, 0) is 105 Å². The van der Waals surface area contributed by atoms with Crippen LogP contribution in [0.15, 0.2) is 84.6 Å². The van der Waals surface area contributed by atoms with Crippen LogP contribution in [0.25, 0.3) is 6.08 Å². The zero-order valence-corrected chi connectivity index (χ0v) is 30.4. The molecule has 0 bridgehead atoms. The van der Waals surface area contributed by atoms with E-state index in [0.717, 1.165) is 12.0 Å². The van der Waals surface area contributed by atoms with Gasteiger partial charge in [-0.1, -0.05) is 24.7 Å². The van der Waals surface area contributed by atoms with Crippen LogP contribution in [0.2, 0.25) is 0 Å². The van der Waals surface area contributed by atoms with Gasteiger partial charge < -0.3 is 18.9 Å². The average molecular weight is 802 g/mol. The Balaban J connectivity index is 1.60. The third-order valence-corrected chi connectivity index (χ3v) is 9.63. The molecule has 0 radical (unpaired) electrons. The minimum atomic E-state index is -0.872. The number of halogens is 2.